The first-order valence-corrected chi connectivity index (χ1v) is 7.65. The van der Waals surface area contributed by atoms with E-state index in [4.69, 9.17) is 0 Å². The molecule has 0 saturated heterocycles. The summed E-state index contributed by atoms with van der Waals surface area (Å²) in [6.45, 7) is 8.22. The zero-order valence-electron chi connectivity index (χ0n) is 12.6. The number of aromatic amines is 1. The van der Waals surface area contributed by atoms with Crippen LogP contribution in [0.2, 0.25) is 0 Å². The van der Waals surface area contributed by atoms with Crippen LogP contribution in [0.1, 0.15) is 58.7 Å². The van der Waals surface area contributed by atoms with E-state index in [9.17, 15) is 0 Å². The van der Waals surface area contributed by atoms with Gasteiger partial charge in [-0.25, -0.2) is 4.98 Å². The molecule has 19 heavy (non-hydrogen) atoms. The summed E-state index contributed by atoms with van der Waals surface area (Å²) < 4.78 is 0. The van der Waals surface area contributed by atoms with Gasteiger partial charge in [0.05, 0.1) is 0 Å². The lowest BCUT2D eigenvalue weighted by Gasteiger charge is -2.41. The molecule has 0 spiro atoms. The van der Waals surface area contributed by atoms with Crippen molar-refractivity contribution in [3.63, 3.8) is 0 Å². The van der Waals surface area contributed by atoms with Crippen molar-refractivity contribution in [1.29, 1.82) is 0 Å². The molecular formula is C15H28N4. The summed E-state index contributed by atoms with van der Waals surface area (Å²) in [4.78, 5) is 4.16. The van der Waals surface area contributed by atoms with Crippen LogP contribution < -0.4 is 5.32 Å². The summed E-state index contributed by atoms with van der Waals surface area (Å²) in [7, 11) is 0. The molecule has 0 bridgehead atoms. The van der Waals surface area contributed by atoms with Crippen molar-refractivity contribution in [3.05, 3.63) is 12.2 Å². The Morgan fingerprint density at radius 1 is 1.32 bits per heavy atom. The molecule has 0 aliphatic heterocycles. The third-order valence-electron chi connectivity index (χ3n) is 4.34. The smallest absolute Gasteiger partial charge is 0.137 e. The zero-order valence-corrected chi connectivity index (χ0v) is 12.6. The minimum absolute atomic E-state index is 0.420. The van der Waals surface area contributed by atoms with Gasteiger partial charge in [-0.15, -0.1) is 0 Å². The first-order valence-electron chi connectivity index (χ1n) is 7.65. The van der Waals surface area contributed by atoms with Gasteiger partial charge in [0.2, 0.25) is 0 Å². The average molecular weight is 264 g/mol. The summed E-state index contributed by atoms with van der Waals surface area (Å²) in [6.07, 6.45) is 9.19. The molecule has 108 valence electrons. The Kier molecular flexibility index (Phi) is 4.97. The SMILES string of the molecule is CC(C)(C)C1CCCCC1NCCCc1ncn[nH]1. The van der Waals surface area contributed by atoms with E-state index >= 15 is 0 Å². The number of aryl methyl sites for hydroxylation is 1. The van der Waals surface area contributed by atoms with Gasteiger partial charge in [-0.1, -0.05) is 33.6 Å². The van der Waals surface area contributed by atoms with Gasteiger partial charge < -0.3 is 5.32 Å². The number of nitrogens with zero attached hydrogens (tertiary/aromatic N) is 2. The van der Waals surface area contributed by atoms with Crippen LogP contribution in [0.4, 0.5) is 0 Å². The molecule has 1 aromatic heterocycles. The van der Waals surface area contributed by atoms with Crippen LogP contribution in [-0.4, -0.2) is 27.8 Å². The van der Waals surface area contributed by atoms with Gasteiger partial charge in [-0.2, -0.15) is 5.10 Å². The number of hydrogen-bond acceptors (Lipinski definition) is 3. The van der Waals surface area contributed by atoms with Gasteiger partial charge in [0.1, 0.15) is 12.2 Å². The molecule has 0 radical (unpaired) electrons. The highest BCUT2D eigenvalue weighted by Gasteiger charge is 2.33. The van der Waals surface area contributed by atoms with E-state index in [1.807, 2.05) is 0 Å². The largest absolute Gasteiger partial charge is 0.314 e. The Labute approximate surface area is 116 Å². The normalized spacial score (nSPS) is 24.6. The first-order chi connectivity index (χ1) is 9.07. The summed E-state index contributed by atoms with van der Waals surface area (Å²) in [5.41, 5.74) is 0.420. The van der Waals surface area contributed by atoms with E-state index in [1.54, 1.807) is 6.33 Å². The van der Waals surface area contributed by atoms with Gasteiger partial charge in [-0.05, 0) is 37.1 Å². The minimum atomic E-state index is 0.420. The molecule has 1 heterocycles. The molecule has 1 fully saturated rings. The molecule has 4 heteroatoms. The summed E-state index contributed by atoms with van der Waals surface area (Å²) in [5, 5.41) is 10.6. The summed E-state index contributed by atoms with van der Waals surface area (Å²) in [5.74, 6) is 1.81. The van der Waals surface area contributed by atoms with Crippen LogP contribution in [0.15, 0.2) is 6.33 Å². The lowest BCUT2D eigenvalue weighted by Crippen LogP contribution is -2.44. The van der Waals surface area contributed by atoms with Gasteiger partial charge in [-0.3, -0.25) is 5.10 Å². The fourth-order valence-corrected chi connectivity index (χ4v) is 3.31. The predicted molar refractivity (Wildman–Crippen MR) is 77.9 cm³/mol. The van der Waals surface area contributed by atoms with Crippen LogP contribution in [0.25, 0.3) is 0 Å². The molecule has 4 nitrogen and oxygen atoms in total. The molecule has 2 atom stereocenters. The molecule has 1 saturated carbocycles. The van der Waals surface area contributed by atoms with Crippen LogP contribution in [0.3, 0.4) is 0 Å². The molecule has 1 aliphatic carbocycles. The standard InChI is InChI=1S/C15H28N4/c1-15(2,3)12-7-4-5-8-13(12)16-10-6-9-14-17-11-18-19-14/h11-13,16H,4-10H2,1-3H3,(H,17,18,19). The highest BCUT2D eigenvalue weighted by Crippen LogP contribution is 2.37. The monoisotopic (exact) mass is 264 g/mol. The van der Waals surface area contributed by atoms with E-state index in [0.29, 0.717) is 11.5 Å². The Morgan fingerprint density at radius 2 is 2.11 bits per heavy atom. The van der Waals surface area contributed by atoms with Crippen LogP contribution >= 0.6 is 0 Å². The molecular weight excluding hydrogens is 236 g/mol. The second-order valence-corrected chi connectivity index (χ2v) is 6.85. The molecule has 2 N–H and O–H groups in total. The van der Waals surface area contributed by atoms with Crippen LogP contribution in [-0.2, 0) is 6.42 Å². The van der Waals surface area contributed by atoms with Crippen molar-refractivity contribution < 1.29 is 0 Å². The topological polar surface area (TPSA) is 53.6 Å². The number of aromatic nitrogens is 3. The van der Waals surface area contributed by atoms with Gasteiger partial charge >= 0.3 is 0 Å². The maximum atomic E-state index is 4.16. The Hall–Kier alpha value is -0.900. The van der Waals surface area contributed by atoms with Crippen LogP contribution in [0.5, 0.6) is 0 Å². The fourth-order valence-electron chi connectivity index (χ4n) is 3.31. The maximum Gasteiger partial charge on any atom is 0.137 e. The van der Waals surface area contributed by atoms with E-state index in [0.717, 1.165) is 31.1 Å². The Morgan fingerprint density at radius 3 is 2.79 bits per heavy atom. The Balaban J connectivity index is 1.74. The molecule has 1 aliphatic rings. The highest BCUT2D eigenvalue weighted by molar-refractivity contribution is 4.88. The average Bonchev–Trinajstić information content (AvgIpc) is 2.87. The number of rotatable bonds is 5. The zero-order chi connectivity index (χ0) is 13.7. The maximum absolute atomic E-state index is 4.16. The van der Waals surface area contributed by atoms with Crippen molar-refractivity contribution in [2.24, 2.45) is 11.3 Å². The quantitative estimate of drug-likeness (QED) is 0.804. The van der Waals surface area contributed by atoms with E-state index < -0.39 is 0 Å². The summed E-state index contributed by atoms with van der Waals surface area (Å²) in [6, 6.07) is 0.698. The van der Waals surface area contributed by atoms with E-state index in [-0.39, 0.29) is 0 Å². The molecule has 0 amide bonds. The third kappa shape index (κ3) is 4.30. The number of H-pyrrole nitrogens is 1. The fraction of sp³-hybridized carbons (Fsp3) is 0.867. The lowest BCUT2D eigenvalue weighted by atomic mass is 9.69. The molecule has 0 aromatic carbocycles. The van der Waals surface area contributed by atoms with Gasteiger partial charge in [0.25, 0.3) is 0 Å². The molecule has 2 unspecified atom stereocenters. The number of hydrogen-bond donors (Lipinski definition) is 2. The van der Waals surface area contributed by atoms with Crippen molar-refractivity contribution in [2.45, 2.75) is 65.3 Å². The second-order valence-electron chi connectivity index (χ2n) is 6.85. The van der Waals surface area contributed by atoms with Crippen LogP contribution in [0, 0.1) is 11.3 Å². The highest BCUT2D eigenvalue weighted by atomic mass is 15.2. The first kappa shape index (κ1) is 14.5. The van der Waals surface area contributed by atoms with E-state index in [1.165, 1.54) is 25.7 Å². The van der Waals surface area contributed by atoms with Gasteiger partial charge in [0.15, 0.2) is 0 Å². The lowest BCUT2D eigenvalue weighted by molar-refractivity contribution is 0.131. The van der Waals surface area contributed by atoms with E-state index in [2.05, 4.69) is 41.3 Å². The number of nitrogens with one attached hydrogen (secondary N) is 2. The van der Waals surface area contributed by atoms with Crippen molar-refractivity contribution in [2.75, 3.05) is 6.54 Å². The van der Waals surface area contributed by atoms with Gasteiger partial charge in [0, 0.05) is 12.5 Å². The third-order valence-corrected chi connectivity index (χ3v) is 4.34. The summed E-state index contributed by atoms with van der Waals surface area (Å²) >= 11 is 0. The van der Waals surface area contributed by atoms with Crippen molar-refractivity contribution >= 4 is 0 Å². The van der Waals surface area contributed by atoms with Crippen molar-refractivity contribution in [3.8, 4) is 0 Å². The molecule has 1 aromatic rings. The molecule has 2 rings (SSSR count). The minimum Gasteiger partial charge on any atom is -0.314 e. The van der Waals surface area contributed by atoms with Crippen molar-refractivity contribution in [1.82, 2.24) is 20.5 Å². The predicted octanol–water partition coefficient (Wildman–Crippen LogP) is 2.93. The Bertz CT molecular complexity index is 353. The second kappa shape index (κ2) is 6.51.